The van der Waals surface area contributed by atoms with Crippen molar-refractivity contribution in [2.45, 2.75) is 37.4 Å². The number of benzene rings is 1. The summed E-state index contributed by atoms with van der Waals surface area (Å²) in [6, 6.07) is 10.7. The molecule has 0 bridgehead atoms. The van der Waals surface area contributed by atoms with Crippen LogP contribution in [0.1, 0.15) is 30.7 Å². The van der Waals surface area contributed by atoms with Crippen LogP contribution in [-0.2, 0) is 9.53 Å². The molecule has 0 aliphatic carbocycles. The van der Waals surface area contributed by atoms with Gasteiger partial charge < -0.3 is 9.64 Å². The lowest BCUT2D eigenvalue weighted by atomic mass is 9.99. The standard InChI is InChI=1S/C16H23N3O2/c17-18-16(20)15-7-6-14(21-15)11-19-9-8-13(10-19)12-4-2-1-3-5-12/h1-5,13-15H,6-11,17H2,(H,18,20). The molecule has 21 heavy (non-hydrogen) atoms. The van der Waals surface area contributed by atoms with Gasteiger partial charge in [-0.25, -0.2) is 5.84 Å². The van der Waals surface area contributed by atoms with Crippen LogP contribution in [0, 0.1) is 0 Å². The molecule has 114 valence electrons. The Kier molecular flexibility index (Phi) is 4.53. The number of rotatable bonds is 4. The van der Waals surface area contributed by atoms with Gasteiger partial charge >= 0.3 is 0 Å². The van der Waals surface area contributed by atoms with Crippen LogP contribution in [0.2, 0.25) is 0 Å². The Morgan fingerprint density at radius 1 is 1.29 bits per heavy atom. The minimum absolute atomic E-state index is 0.154. The summed E-state index contributed by atoms with van der Waals surface area (Å²) in [6.45, 7) is 3.10. The summed E-state index contributed by atoms with van der Waals surface area (Å²) in [5, 5.41) is 0. The van der Waals surface area contributed by atoms with Gasteiger partial charge in [-0.1, -0.05) is 30.3 Å². The molecule has 1 aromatic carbocycles. The van der Waals surface area contributed by atoms with Crippen LogP contribution >= 0.6 is 0 Å². The average Bonchev–Trinajstić information content (AvgIpc) is 3.17. The monoisotopic (exact) mass is 289 g/mol. The summed E-state index contributed by atoms with van der Waals surface area (Å²) in [4.78, 5) is 13.9. The number of nitrogens with zero attached hydrogens (tertiary/aromatic N) is 1. The first kappa shape index (κ1) is 14.5. The molecule has 2 heterocycles. The Balaban J connectivity index is 1.49. The highest BCUT2D eigenvalue weighted by molar-refractivity contribution is 5.80. The predicted molar refractivity (Wildman–Crippen MR) is 80.5 cm³/mol. The van der Waals surface area contributed by atoms with Crippen LogP contribution in [0.5, 0.6) is 0 Å². The molecule has 0 radical (unpaired) electrons. The molecule has 1 aromatic rings. The smallest absolute Gasteiger partial charge is 0.263 e. The molecule has 2 saturated heterocycles. The second-order valence-corrected chi connectivity index (χ2v) is 5.99. The lowest BCUT2D eigenvalue weighted by Crippen LogP contribution is -2.40. The molecule has 3 unspecified atom stereocenters. The summed E-state index contributed by atoms with van der Waals surface area (Å²) in [6.07, 6.45) is 2.69. The zero-order chi connectivity index (χ0) is 14.7. The van der Waals surface area contributed by atoms with Gasteiger partial charge in [-0.15, -0.1) is 0 Å². The van der Waals surface area contributed by atoms with Crippen molar-refractivity contribution in [3.8, 4) is 0 Å². The van der Waals surface area contributed by atoms with E-state index in [2.05, 4.69) is 40.7 Å². The Morgan fingerprint density at radius 3 is 2.86 bits per heavy atom. The van der Waals surface area contributed by atoms with Crippen LogP contribution in [-0.4, -0.2) is 42.6 Å². The molecule has 2 fully saturated rings. The lowest BCUT2D eigenvalue weighted by Gasteiger charge is -2.21. The third-order valence-electron chi connectivity index (χ3n) is 4.55. The van der Waals surface area contributed by atoms with Gasteiger partial charge in [-0.05, 0) is 37.3 Å². The number of nitrogens with one attached hydrogen (secondary N) is 1. The summed E-state index contributed by atoms with van der Waals surface area (Å²) in [7, 11) is 0. The number of carbonyl (C=O) groups excluding carboxylic acids is 1. The fourth-order valence-corrected chi connectivity index (χ4v) is 3.41. The quantitative estimate of drug-likeness (QED) is 0.493. The summed E-state index contributed by atoms with van der Waals surface area (Å²) in [5.74, 6) is 5.57. The van der Waals surface area contributed by atoms with Crippen LogP contribution < -0.4 is 11.3 Å². The van der Waals surface area contributed by atoms with Crippen molar-refractivity contribution in [2.24, 2.45) is 5.84 Å². The van der Waals surface area contributed by atoms with E-state index in [1.807, 2.05) is 0 Å². The molecule has 2 aliphatic heterocycles. The predicted octanol–water partition coefficient (Wildman–Crippen LogP) is 1.01. The molecule has 2 aliphatic rings. The Labute approximate surface area is 125 Å². The van der Waals surface area contributed by atoms with Crippen LogP contribution in [0.15, 0.2) is 30.3 Å². The number of likely N-dealkylation sites (tertiary alicyclic amines) is 1. The highest BCUT2D eigenvalue weighted by atomic mass is 16.5. The second-order valence-electron chi connectivity index (χ2n) is 5.99. The number of nitrogens with two attached hydrogens (primary N) is 1. The molecular weight excluding hydrogens is 266 g/mol. The molecule has 5 heteroatoms. The number of ether oxygens (including phenoxy) is 1. The first-order valence-corrected chi connectivity index (χ1v) is 7.69. The van der Waals surface area contributed by atoms with Crippen molar-refractivity contribution < 1.29 is 9.53 Å². The van der Waals surface area contributed by atoms with Crippen molar-refractivity contribution in [3.05, 3.63) is 35.9 Å². The molecule has 1 amide bonds. The number of carbonyl (C=O) groups is 1. The van der Waals surface area contributed by atoms with Crippen molar-refractivity contribution in [2.75, 3.05) is 19.6 Å². The highest BCUT2D eigenvalue weighted by Crippen LogP contribution is 2.29. The van der Waals surface area contributed by atoms with E-state index in [4.69, 9.17) is 10.6 Å². The van der Waals surface area contributed by atoms with Crippen molar-refractivity contribution in [3.63, 3.8) is 0 Å². The highest BCUT2D eigenvalue weighted by Gasteiger charge is 2.33. The fraction of sp³-hybridized carbons (Fsp3) is 0.562. The van der Waals surface area contributed by atoms with E-state index in [1.54, 1.807) is 0 Å². The van der Waals surface area contributed by atoms with Crippen molar-refractivity contribution in [1.29, 1.82) is 0 Å². The third kappa shape index (κ3) is 3.43. The molecule has 0 spiro atoms. The Morgan fingerprint density at radius 2 is 2.10 bits per heavy atom. The Hall–Kier alpha value is -1.43. The summed E-state index contributed by atoms with van der Waals surface area (Å²) >= 11 is 0. The van der Waals surface area contributed by atoms with E-state index in [-0.39, 0.29) is 18.1 Å². The summed E-state index contributed by atoms with van der Waals surface area (Å²) < 4.78 is 5.78. The van der Waals surface area contributed by atoms with Gasteiger partial charge in [0.2, 0.25) is 0 Å². The fourth-order valence-electron chi connectivity index (χ4n) is 3.41. The van der Waals surface area contributed by atoms with Gasteiger partial charge in [0.05, 0.1) is 6.10 Å². The normalized spacial score (nSPS) is 29.7. The van der Waals surface area contributed by atoms with Crippen molar-refractivity contribution in [1.82, 2.24) is 10.3 Å². The second kappa shape index (κ2) is 6.56. The minimum Gasteiger partial charge on any atom is -0.364 e. The van der Waals surface area contributed by atoms with Gasteiger partial charge in [0.25, 0.3) is 5.91 Å². The maximum Gasteiger partial charge on any atom is 0.263 e. The number of hydrazine groups is 1. The van der Waals surface area contributed by atoms with Crippen LogP contribution in [0.3, 0.4) is 0 Å². The molecule has 0 saturated carbocycles. The van der Waals surface area contributed by atoms with Gasteiger partial charge in [-0.3, -0.25) is 10.2 Å². The zero-order valence-corrected chi connectivity index (χ0v) is 12.2. The van der Waals surface area contributed by atoms with E-state index < -0.39 is 0 Å². The molecule has 5 nitrogen and oxygen atoms in total. The van der Waals surface area contributed by atoms with E-state index in [0.717, 1.165) is 32.5 Å². The molecule has 3 rings (SSSR count). The van der Waals surface area contributed by atoms with Gasteiger partial charge in [0, 0.05) is 13.1 Å². The number of hydrogen-bond donors (Lipinski definition) is 2. The van der Waals surface area contributed by atoms with Gasteiger partial charge in [-0.2, -0.15) is 0 Å². The van der Waals surface area contributed by atoms with Crippen molar-refractivity contribution >= 4 is 5.91 Å². The summed E-state index contributed by atoms with van der Waals surface area (Å²) in [5.41, 5.74) is 3.60. The number of amides is 1. The maximum absolute atomic E-state index is 11.5. The van der Waals surface area contributed by atoms with E-state index >= 15 is 0 Å². The Bertz CT molecular complexity index is 480. The van der Waals surface area contributed by atoms with Crippen LogP contribution in [0.25, 0.3) is 0 Å². The SMILES string of the molecule is NNC(=O)C1CCC(CN2CCC(c3ccccc3)C2)O1. The first-order valence-electron chi connectivity index (χ1n) is 7.69. The first-order chi connectivity index (χ1) is 10.3. The van der Waals surface area contributed by atoms with Gasteiger partial charge in [0.1, 0.15) is 6.10 Å². The molecular formula is C16H23N3O2. The van der Waals surface area contributed by atoms with E-state index in [9.17, 15) is 4.79 Å². The number of hydrogen-bond acceptors (Lipinski definition) is 4. The average molecular weight is 289 g/mol. The third-order valence-corrected chi connectivity index (χ3v) is 4.55. The molecule has 0 aromatic heterocycles. The van der Waals surface area contributed by atoms with Crippen LogP contribution in [0.4, 0.5) is 0 Å². The largest absolute Gasteiger partial charge is 0.364 e. The minimum atomic E-state index is -0.368. The van der Waals surface area contributed by atoms with E-state index in [0.29, 0.717) is 5.92 Å². The topological polar surface area (TPSA) is 67.6 Å². The van der Waals surface area contributed by atoms with E-state index in [1.165, 1.54) is 12.0 Å². The molecule has 3 atom stereocenters. The van der Waals surface area contributed by atoms with Gasteiger partial charge in [0.15, 0.2) is 0 Å². The molecule has 3 N–H and O–H groups in total. The maximum atomic E-state index is 11.5. The lowest BCUT2D eigenvalue weighted by molar-refractivity contribution is -0.132. The zero-order valence-electron chi connectivity index (χ0n) is 12.2.